The van der Waals surface area contributed by atoms with E-state index in [9.17, 15) is 24.3 Å². The maximum Gasteiger partial charge on any atom is 0.303 e. The lowest BCUT2D eigenvalue weighted by molar-refractivity contribution is -0.144. The third kappa shape index (κ3) is 9.36. The van der Waals surface area contributed by atoms with Gasteiger partial charge in [-0.1, -0.05) is 57.9 Å². The number of aryl methyl sites for hydroxylation is 1. The van der Waals surface area contributed by atoms with E-state index in [0.29, 0.717) is 12.8 Å². The van der Waals surface area contributed by atoms with Gasteiger partial charge in [0.05, 0.1) is 22.2 Å². The first-order valence-electron chi connectivity index (χ1n) is 14.1. The normalized spacial score (nSPS) is 17.7. The lowest BCUT2D eigenvalue weighted by Crippen LogP contribution is -2.57. The van der Waals surface area contributed by atoms with E-state index in [1.54, 1.807) is 11.3 Å². The van der Waals surface area contributed by atoms with Crippen molar-refractivity contribution in [1.29, 1.82) is 0 Å². The van der Waals surface area contributed by atoms with E-state index in [0.717, 1.165) is 34.5 Å². The Morgan fingerprint density at radius 1 is 1.07 bits per heavy atom. The predicted molar refractivity (Wildman–Crippen MR) is 157 cm³/mol. The summed E-state index contributed by atoms with van der Waals surface area (Å²) in [5, 5.41) is 24.9. The zero-order valence-corrected chi connectivity index (χ0v) is 25.1. The fraction of sp³-hybridized carbons (Fsp3) is 0.567. The molecule has 3 atom stereocenters. The Morgan fingerprint density at radius 2 is 1.73 bits per heavy atom. The van der Waals surface area contributed by atoms with E-state index in [2.05, 4.69) is 15.6 Å². The van der Waals surface area contributed by atoms with Crippen LogP contribution >= 0.6 is 11.3 Å². The van der Waals surface area contributed by atoms with Crippen molar-refractivity contribution in [3.8, 4) is 10.4 Å². The summed E-state index contributed by atoms with van der Waals surface area (Å²) in [6.07, 6.45) is 2.24. The molecule has 10 nitrogen and oxygen atoms in total. The number of aliphatic carboxylic acids is 1. The molecule has 11 heteroatoms. The smallest absolute Gasteiger partial charge is 0.303 e. The van der Waals surface area contributed by atoms with E-state index in [1.165, 1.54) is 4.90 Å². The monoisotopic (exact) mass is 586 g/mol. The van der Waals surface area contributed by atoms with Crippen LogP contribution in [0.2, 0.25) is 0 Å². The van der Waals surface area contributed by atoms with Gasteiger partial charge >= 0.3 is 5.97 Å². The van der Waals surface area contributed by atoms with Crippen molar-refractivity contribution in [2.24, 2.45) is 5.41 Å². The maximum absolute atomic E-state index is 13.7. The molecular weight excluding hydrogens is 544 g/mol. The summed E-state index contributed by atoms with van der Waals surface area (Å²) in [4.78, 5) is 57.0. The molecule has 1 aliphatic heterocycles. The maximum atomic E-state index is 13.7. The molecular formula is C30H42N4O6S. The molecule has 224 valence electrons. The quantitative estimate of drug-likeness (QED) is 0.262. The van der Waals surface area contributed by atoms with Crippen molar-refractivity contribution in [2.75, 3.05) is 6.54 Å². The lowest BCUT2D eigenvalue weighted by atomic mass is 9.85. The van der Waals surface area contributed by atoms with Gasteiger partial charge in [-0.3, -0.25) is 19.2 Å². The molecule has 41 heavy (non-hydrogen) atoms. The van der Waals surface area contributed by atoms with Gasteiger partial charge in [-0.25, -0.2) is 4.98 Å². The molecule has 1 aliphatic rings. The molecule has 2 heterocycles. The highest BCUT2D eigenvalue weighted by molar-refractivity contribution is 7.13. The Hall–Kier alpha value is -3.31. The average Bonchev–Trinajstić information content (AvgIpc) is 3.52. The fourth-order valence-electron chi connectivity index (χ4n) is 4.93. The third-order valence-corrected chi connectivity index (χ3v) is 8.23. The van der Waals surface area contributed by atoms with Crippen LogP contribution in [0.1, 0.15) is 77.0 Å². The standard InChI is InChI=1S/C30H42N4O6S/c1-19-26(41-18-32-19)21-13-11-20(12-14-21)16-31-28(39)23-15-22(35)17-34(23)29(40)27(30(2,3)4)33-24(36)9-7-5-6-8-10-25(37)38/h11-14,18,22-23,27,35H,5-10,15-17H2,1-4H3,(H,31,39)(H,33,36)(H,37,38). The molecule has 0 spiro atoms. The van der Waals surface area contributed by atoms with Crippen molar-refractivity contribution in [1.82, 2.24) is 20.5 Å². The number of likely N-dealkylation sites (tertiary alicyclic amines) is 1. The van der Waals surface area contributed by atoms with E-state index < -0.39 is 35.5 Å². The molecule has 1 saturated heterocycles. The number of aliphatic hydroxyl groups excluding tert-OH is 1. The summed E-state index contributed by atoms with van der Waals surface area (Å²) in [6.45, 7) is 7.81. The summed E-state index contributed by atoms with van der Waals surface area (Å²) in [5.41, 5.74) is 4.12. The minimum absolute atomic E-state index is 0.0197. The molecule has 0 saturated carbocycles. The minimum atomic E-state index is -0.870. The van der Waals surface area contributed by atoms with Crippen molar-refractivity contribution >= 4 is 35.0 Å². The van der Waals surface area contributed by atoms with Crippen LogP contribution in [-0.2, 0) is 25.7 Å². The predicted octanol–water partition coefficient (Wildman–Crippen LogP) is 3.65. The molecule has 3 rings (SSSR count). The van der Waals surface area contributed by atoms with Gasteiger partial charge in [0.1, 0.15) is 12.1 Å². The van der Waals surface area contributed by atoms with Gasteiger partial charge in [0.25, 0.3) is 0 Å². The molecule has 1 aromatic heterocycles. The Kier molecular flexibility index (Phi) is 11.4. The number of carboxylic acid groups (broad SMARTS) is 1. The zero-order chi connectivity index (χ0) is 30.2. The SMILES string of the molecule is Cc1ncsc1-c1ccc(CNC(=O)C2CC(O)CN2C(=O)C(NC(=O)CCCCCCC(=O)O)C(C)(C)C)cc1. The second-order valence-electron chi connectivity index (χ2n) is 11.8. The number of nitrogens with zero attached hydrogens (tertiary/aromatic N) is 2. The second-order valence-corrected chi connectivity index (χ2v) is 12.6. The largest absolute Gasteiger partial charge is 0.481 e. The van der Waals surface area contributed by atoms with Gasteiger partial charge in [-0.2, -0.15) is 0 Å². The van der Waals surface area contributed by atoms with Gasteiger partial charge in [-0.05, 0) is 36.3 Å². The summed E-state index contributed by atoms with van der Waals surface area (Å²) in [6, 6.07) is 6.16. The number of benzene rings is 1. The van der Waals surface area contributed by atoms with E-state index in [4.69, 9.17) is 5.11 Å². The number of nitrogens with one attached hydrogen (secondary N) is 2. The Bertz CT molecular complexity index is 1210. The van der Waals surface area contributed by atoms with Crippen LogP contribution in [0.15, 0.2) is 29.8 Å². The van der Waals surface area contributed by atoms with Crippen LogP contribution in [0.5, 0.6) is 0 Å². The average molecular weight is 587 g/mol. The molecule has 2 aromatic rings. The minimum Gasteiger partial charge on any atom is -0.481 e. The van der Waals surface area contributed by atoms with Crippen molar-refractivity contribution < 1.29 is 29.4 Å². The topological polar surface area (TPSA) is 149 Å². The van der Waals surface area contributed by atoms with Crippen molar-refractivity contribution in [3.63, 3.8) is 0 Å². The molecule has 4 N–H and O–H groups in total. The van der Waals surface area contributed by atoms with Crippen LogP contribution in [0, 0.1) is 12.3 Å². The van der Waals surface area contributed by atoms with E-state index in [-0.39, 0.29) is 44.2 Å². The molecule has 3 unspecified atom stereocenters. The highest BCUT2D eigenvalue weighted by Gasteiger charge is 2.44. The van der Waals surface area contributed by atoms with Gasteiger partial charge in [0.15, 0.2) is 0 Å². The highest BCUT2D eigenvalue weighted by atomic mass is 32.1. The first kappa shape index (κ1) is 32.2. The first-order chi connectivity index (χ1) is 19.4. The lowest BCUT2D eigenvalue weighted by Gasteiger charge is -2.35. The third-order valence-electron chi connectivity index (χ3n) is 7.26. The molecule has 0 radical (unpaired) electrons. The van der Waals surface area contributed by atoms with Crippen molar-refractivity contribution in [3.05, 3.63) is 41.0 Å². The Labute approximate surface area is 245 Å². The van der Waals surface area contributed by atoms with Gasteiger partial charge in [0, 0.05) is 32.4 Å². The van der Waals surface area contributed by atoms with Crippen LogP contribution in [0.4, 0.5) is 0 Å². The number of amides is 3. The Balaban J connectivity index is 1.58. The zero-order valence-electron chi connectivity index (χ0n) is 24.3. The van der Waals surface area contributed by atoms with Crippen LogP contribution in [-0.4, -0.2) is 68.5 Å². The van der Waals surface area contributed by atoms with Crippen molar-refractivity contribution in [2.45, 2.75) is 97.4 Å². The number of β-amino-alcohol motifs (C(OH)–C–C–N with tert-alkyl or cyclic N) is 1. The van der Waals surface area contributed by atoms with Crippen LogP contribution in [0.3, 0.4) is 0 Å². The first-order valence-corrected chi connectivity index (χ1v) is 15.0. The molecule has 1 aromatic carbocycles. The van der Waals surface area contributed by atoms with Gasteiger partial charge in [-0.15, -0.1) is 11.3 Å². The number of carbonyl (C=O) groups excluding carboxylic acids is 3. The highest BCUT2D eigenvalue weighted by Crippen LogP contribution is 2.28. The van der Waals surface area contributed by atoms with Crippen LogP contribution < -0.4 is 10.6 Å². The number of hydrogen-bond acceptors (Lipinski definition) is 7. The summed E-state index contributed by atoms with van der Waals surface area (Å²) < 4.78 is 0. The number of hydrogen-bond donors (Lipinski definition) is 4. The number of rotatable bonds is 13. The molecule has 0 bridgehead atoms. The number of unbranched alkanes of at least 4 members (excludes halogenated alkanes) is 3. The van der Waals surface area contributed by atoms with Crippen LogP contribution in [0.25, 0.3) is 10.4 Å². The molecule has 1 fully saturated rings. The number of carbonyl (C=O) groups is 4. The molecule has 0 aliphatic carbocycles. The summed E-state index contributed by atoms with van der Waals surface area (Å²) in [7, 11) is 0. The second kappa shape index (κ2) is 14.5. The summed E-state index contributed by atoms with van der Waals surface area (Å²) in [5.74, 6) is -1.84. The fourth-order valence-corrected chi connectivity index (χ4v) is 5.74. The van der Waals surface area contributed by atoms with E-state index in [1.807, 2.05) is 57.5 Å². The molecule has 3 amide bonds. The summed E-state index contributed by atoms with van der Waals surface area (Å²) >= 11 is 1.58. The number of thiazole rings is 1. The van der Waals surface area contributed by atoms with Gasteiger partial charge in [0.2, 0.25) is 17.7 Å². The number of carboxylic acids is 1. The van der Waals surface area contributed by atoms with Gasteiger partial charge < -0.3 is 25.7 Å². The number of aromatic nitrogens is 1. The Morgan fingerprint density at radius 3 is 2.32 bits per heavy atom. The van der Waals surface area contributed by atoms with E-state index >= 15 is 0 Å². The number of aliphatic hydroxyl groups is 1.